The van der Waals surface area contributed by atoms with Crippen molar-refractivity contribution in [1.82, 2.24) is 25.9 Å². The van der Waals surface area contributed by atoms with Crippen molar-refractivity contribution < 1.29 is 0 Å². The molecule has 0 amide bonds. The van der Waals surface area contributed by atoms with E-state index in [9.17, 15) is 0 Å². The van der Waals surface area contributed by atoms with Crippen LogP contribution in [0.2, 0.25) is 0 Å². The van der Waals surface area contributed by atoms with E-state index < -0.39 is 0 Å². The Hall–Kier alpha value is -1.27. The largest absolute Gasteiger partial charge is 0.303 e. The number of hydrogen-bond acceptors (Lipinski definition) is 4. The number of rotatable bonds is 3. The topological polar surface area (TPSA) is 66.5 Å². The van der Waals surface area contributed by atoms with Crippen molar-refractivity contribution in [3.63, 3.8) is 0 Å². The summed E-state index contributed by atoms with van der Waals surface area (Å²) in [5.41, 5.74) is 2.79. The van der Waals surface area contributed by atoms with E-state index in [0.29, 0.717) is 18.4 Å². The van der Waals surface area contributed by atoms with Crippen LogP contribution in [0.1, 0.15) is 29.4 Å². The van der Waals surface area contributed by atoms with Gasteiger partial charge in [-0.05, 0) is 30.0 Å². The maximum absolute atomic E-state index is 3.93. The third kappa shape index (κ3) is 2.10. The minimum absolute atomic E-state index is 0.390. The Morgan fingerprint density at radius 3 is 3.24 bits per heavy atom. The Bertz CT molecular complexity index is 511. The molecular weight excluding hydrogens is 282 g/mol. The fourth-order valence-corrected chi connectivity index (χ4v) is 2.87. The number of tetrazole rings is 1. The third-order valence-electron chi connectivity index (χ3n) is 3.11. The van der Waals surface area contributed by atoms with Gasteiger partial charge in [-0.25, -0.2) is 0 Å². The van der Waals surface area contributed by atoms with Gasteiger partial charge in [0.25, 0.3) is 0 Å². The first-order valence-electron chi connectivity index (χ1n) is 5.57. The molecule has 6 heteroatoms. The smallest absolute Gasteiger partial charge is 0.188 e. The lowest BCUT2D eigenvalue weighted by Crippen LogP contribution is -2.19. The van der Waals surface area contributed by atoms with Crippen molar-refractivity contribution in [3.05, 3.63) is 39.6 Å². The molecule has 1 aromatic heterocycles. The number of fused-ring (bicyclic) bond motifs is 1. The maximum Gasteiger partial charge on any atom is 0.188 e. The van der Waals surface area contributed by atoms with Gasteiger partial charge in [0.1, 0.15) is 0 Å². The van der Waals surface area contributed by atoms with Gasteiger partial charge in [-0.1, -0.05) is 33.3 Å². The molecule has 1 aliphatic carbocycles. The van der Waals surface area contributed by atoms with E-state index in [1.54, 1.807) is 0 Å². The highest BCUT2D eigenvalue weighted by Gasteiger charge is 2.23. The third-order valence-corrected chi connectivity index (χ3v) is 3.85. The van der Waals surface area contributed by atoms with Gasteiger partial charge < -0.3 is 5.32 Å². The molecule has 1 aromatic carbocycles. The molecular formula is C11H12BrN5. The molecule has 5 nitrogen and oxygen atoms in total. The average molecular weight is 294 g/mol. The Balaban J connectivity index is 1.73. The summed E-state index contributed by atoms with van der Waals surface area (Å²) in [6.45, 7) is 0.646. The minimum Gasteiger partial charge on any atom is -0.303 e. The van der Waals surface area contributed by atoms with Crippen LogP contribution in [-0.2, 0) is 13.0 Å². The standard InChI is InChI=1S/C11H12BrN5/c12-9-3-1-2-8-7(9)4-5-10(8)13-6-11-14-16-17-15-11/h1-3,10,13H,4-6H2,(H,14,15,16,17). The lowest BCUT2D eigenvalue weighted by molar-refractivity contribution is 0.519. The number of hydrogen-bond donors (Lipinski definition) is 2. The summed E-state index contributed by atoms with van der Waals surface area (Å²) in [7, 11) is 0. The summed E-state index contributed by atoms with van der Waals surface area (Å²) < 4.78 is 1.21. The number of nitrogens with zero attached hydrogens (tertiary/aromatic N) is 3. The molecule has 88 valence electrons. The van der Waals surface area contributed by atoms with Crippen LogP contribution in [0.15, 0.2) is 22.7 Å². The molecule has 0 radical (unpaired) electrons. The Morgan fingerprint density at radius 1 is 1.47 bits per heavy atom. The monoisotopic (exact) mass is 293 g/mol. The predicted molar refractivity (Wildman–Crippen MR) is 66.2 cm³/mol. The van der Waals surface area contributed by atoms with E-state index in [-0.39, 0.29) is 0 Å². The second-order valence-electron chi connectivity index (χ2n) is 4.11. The van der Waals surface area contributed by atoms with Crippen LogP contribution in [0.25, 0.3) is 0 Å². The lowest BCUT2D eigenvalue weighted by atomic mass is 10.1. The highest BCUT2D eigenvalue weighted by atomic mass is 79.9. The average Bonchev–Trinajstić information content (AvgIpc) is 2.95. The fraction of sp³-hybridized carbons (Fsp3) is 0.364. The summed E-state index contributed by atoms with van der Waals surface area (Å²) in [6.07, 6.45) is 2.23. The molecule has 0 saturated heterocycles. The van der Waals surface area contributed by atoms with E-state index in [1.807, 2.05) is 0 Å². The highest BCUT2D eigenvalue weighted by Crippen LogP contribution is 2.35. The van der Waals surface area contributed by atoms with Crippen LogP contribution in [0, 0.1) is 0 Å². The Labute approximate surface area is 107 Å². The van der Waals surface area contributed by atoms with E-state index in [0.717, 1.165) is 12.8 Å². The van der Waals surface area contributed by atoms with Crippen LogP contribution in [0.4, 0.5) is 0 Å². The van der Waals surface area contributed by atoms with Gasteiger partial charge >= 0.3 is 0 Å². The van der Waals surface area contributed by atoms with Gasteiger partial charge in [-0.3, -0.25) is 0 Å². The zero-order valence-corrected chi connectivity index (χ0v) is 10.7. The summed E-state index contributed by atoms with van der Waals surface area (Å²) in [4.78, 5) is 0. The quantitative estimate of drug-likeness (QED) is 0.905. The molecule has 2 N–H and O–H groups in total. The Morgan fingerprint density at radius 2 is 2.41 bits per heavy atom. The first-order chi connectivity index (χ1) is 8.34. The van der Waals surface area contributed by atoms with Crippen molar-refractivity contribution in [1.29, 1.82) is 0 Å². The molecule has 2 aromatic rings. The molecule has 0 fully saturated rings. The summed E-state index contributed by atoms with van der Waals surface area (Å²) in [6, 6.07) is 6.75. The number of aromatic nitrogens is 4. The number of H-pyrrole nitrogens is 1. The molecule has 0 saturated carbocycles. The second-order valence-corrected chi connectivity index (χ2v) is 4.96. The number of benzene rings is 1. The SMILES string of the molecule is Brc1cccc2c1CCC2NCc1nn[nH]n1. The molecule has 0 aliphatic heterocycles. The molecule has 3 rings (SSSR count). The van der Waals surface area contributed by atoms with E-state index >= 15 is 0 Å². The van der Waals surface area contributed by atoms with E-state index in [2.05, 4.69) is 60.1 Å². The molecule has 0 bridgehead atoms. The maximum atomic E-state index is 3.93. The van der Waals surface area contributed by atoms with Crippen LogP contribution in [-0.4, -0.2) is 20.6 Å². The highest BCUT2D eigenvalue weighted by molar-refractivity contribution is 9.10. The molecule has 1 heterocycles. The van der Waals surface area contributed by atoms with Crippen molar-refractivity contribution in [2.45, 2.75) is 25.4 Å². The van der Waals surface area contributed by atoms with Gasteiger partial charge in [0, 0.05) is 10.5 Å². The molecule has 17 heavy (non-hydrogen) atoms. The molecule has 1 aliphatic rings. The van der Waals surface area contributed by atoms with Crippen molar-refractivity contribution in [2.75, 3.05) is 0 Å². The fourth-order valence-electron chi connectivity index (χ4n) is 2.29. The van der Waals surface area contributed by atoms with Crippen LogP contribution in [0.3, 0.4) is 0 Å². The van der Waals surface area contributed by atoms with Gasteiger partial charge in [-0.2, -0.15) is 5.21 Å². The van der Waals surface area contributed by atoms with Crippen LogP contribution < -0.4 is 5.32 Å². The number of aromatic amines is 1. The van der Waals surface area contributed by atoms with Crippen LogP contribution in [0.5, 0.6) is 0 Å². The van der Waals surface area contributed by atoms with Crippen molar-refractivity contribution in [2.24, 2.45) is 0 Å². The first kappa shape index (κ1) is 10.9. The summed E-state index contributed by atoms with van der Waals surface area (Å²) >= 11 is 3.60. The summed E-state index contributed by atoms with van der Waals surface area (Å²) in [5, 5.41) is 17.3. The van der Waals surface area contributed by atoms with Crippen LogP contribution >= 0.6 is 15.9 Å². The predicted octanol–water partition coefficient (Wildman–Crippen LogP) is 1.74. The van der Waals surface area contributed by atoms with E-state index in [4.69, 9.17) is 0 Å². The lowest BCUT2D eigenvalue weighted by Gasteiger charge is -2.12. The van der Waals surface area contributed by atoms with Gasteiger partial charge in [0.05, 0.1) is 6.54 Å². The summed E-state index contributed by atoms with van der Waals surface area (Å²) in [5.74, 6) is 0.702. The first-order valence-corrected chi connectivity index (χ1v) is 6.37. The van der Waals surface area contributed by atoms with E-state index in [1.165, 1.54) is 15.6 Å². The minimum atomic E-state index is 0.390. The zero-order chi connectivity index (χ0) is 11.7. The molecule has 0 spiro atoms. The van der Waals surface area contributed by atoms with Crippen molar-refractivity contribution >= 4 is 15.9 Å². The van der Waals surface area contributed by atoms with Gasteiger partial charge in [0.15, 0.2) is 5.82 Å². The van der Waals surface area contributed by atoms with Gasteiger partial charge in [0.2, 0.25) is 0 Å². The van der Waals surface area contributed by atoms with Crippen molar-refractivity contribution in [3.8, 4) is 0 Å². The molecule has 1 unspecified atom stereocenters. The number of nitrogens with one attached hydrogen (secondary N) is 2. The normalized spacial score (nSPS) is 18.3. The molecule has 1 atom stereocenters. The zero-order valence-electron chi connectivity index (χ0n) is 9.15. The number of halogens is 1. The van der Waals surface area contributed by atoms with Gasteiger partial charge in [-0.15, -0.1) is 10.2 Å². The Kier molecular flexibility index (Phi) is 2.90. The second kappa shape index (κ2) is 4.54.